The zero-order valence-electron chi connectivity index (χ0n) is 11.1. The van der Waals surface area contributed by atoms with Crippen molar-refractivity contribution in [3.63, 3.8) is 0 Å². The fourth-order valence-corrected chi connectivity index (χ4v) is 1.96. The van der Waals surface area contributed by atoms with Crippen LogP contribution in [0.2, 0.25) is 0 Å². The lowest BCUT2D eigenvalue weighted by Gasteiger charge is -2.13. The highest BCUT2D eigenvalue weighted by atomic mass is 16.5. The van der Waals surface area contributed by atoms with Crippen LogP contribution >= 0.6 is 0 Å². The standard InChI is InChI=1S/C14H21NO3/c1-10(2)13-5-12(7-16)6-14(15-13)18-9-11-3-4-17-8-11/h5-6,10-11,16H,3-4,7-9H2,1-2H3. The highest BCUT2D eigenvalue weighted by Crippen LogP contribution is 2.20. The van der Waals surface area contributed by atoms with E-state index >= 15 is 0 Å². The van der Waals surface area contributed by atoms with Crippen molar-refractivity contribution in [3.8, 4) is 5.88 Å². The van der Waals surface area contributed by atoms with Crippen LogP contribution in [0.1, 0.15) is 37.4 Å². The Kier molecular flexibility index (Phi) is 4.55. The maximum absolute atomic E-state index is 9.24. The van der Waals surface area contributed by atoms with Crippen LogP contribution in [0.15, 0.2) is 12.1 Å². The third-order valence-corrected chi connectivity index (χ3v) is 3.15. The summed E-state index contributed by atoms with van der Waals surface area (Å²) in [6.07, 6.45) is 1.05. The van der Waals surface area contributed by atoms with E-state index in [0.29, 0.717) is 24.3 Å². The Labute approximate surface area is 108 Å². The smallest absolute Gasteiger partial charge is 0.213 e. The number of nitrogens with zero attached hydrogens (tertiary/aromatic N) is 1. The molecule has 4 nitrogen and oxygen atoms in total. The molecule has 0 aliphatic carbocycles. The molecule has 1 aliphatic rings. The number of ether oxygens (including phenoxy) is 2. The van der Waals surface area contributed by atoms with Crippen molar-refractivity contribution in [2.24, 2.45) is 5.92 Å². The zero-order valence-corrected chi connectivity index (χ0v) is 11.1. The molecule has 0 aromatic carbocycles. The Balaban J connectivity index is 2.03. The highest BCUT2D eigenvalue weighted by molar-refractivity contribution is 5.26. The molecule has 100 valence electrons. The molecule has 0 radical (unpaired) electrons. The van der Waals surface area contributed by atoms with Gasteiger partial charge in [0.2, 0.25) is 5.88 Å². The lowest BCUT2D eigenvalue weighted by molar-refractivity contribution is 0.165. The quantitative estimate of drug-likeness (QED) is 0.871. The van der Waals surface area contributed by atoms with Crippen molar-refractivity contribution in [3.05, 3.63) is 23.4 Å². The van der Waals surface area contributed by atoms with Gasteiger partial charge in [-0.05, 0) is 24.0 Å². The normalized spacial score (nSPS) is 19.4. The van der Waals surface area contributed by atoms with Crippen molar-refractivity contribution >= 4 is 0 Å². The third kappa shape index (κ3) is 3.43. The second kappa shape index (κ2) is 6.16. The van der Waals surface area contributed by atoms with Gasteiger partial charge in [0.15, 0.2) is 0 Å². The van der Waals surface area contributed by atoms with Crippen molar-refractivity contribution in [1.29, 1.82) is 0 Å². The van der Waals surface area contributed by atoms with Gasteiger partial charge in [0.05, 0.1) is 19.8 Å². The largest absolute Gasteiger partial charge is 0.477 e. The van der Waals surface area contributed by atoms with Gasteiger partial charge in [0.1, 0.15) is 0 Å². The maximum atomic E-state index is 9.24. The number of aliphatic hydroxyl groups is 1. The molecular weight excluding hydrogens is 230 g/mol. The Morgan fingerprint density at radius 1 is 1.50 bits per heavy atom. The lowest BCUT2D eigenvalue weighted by atomic mass is 10.1. The van der Waals surface area contributed by atoms with E-state index in [-0.39, 0.29) is 6.61 Å². The summed E-state index contributed by atoms with van der Waals surface area (Å²) < 4.78 is 11.0. The molecule has 18 heavy (non-hydrogen) atoms. The molecule has 1 aliphatic heterocycles. The predicted molar refractivity (Wildman–Crippen MR) is 68.7 cm³/mol. The number of aliphatic hydroxyl groups excluding tert-OH is 1. The van der Waals surface area contributed by atoms with Crippen molar-refractivity contribution < 1.29 is 14.6 Å². The molecule has 1 aromatic heterocycles. The van der Waals surface area contributed by atoms with Gasteiger partial charge in [-0.15, -0.1) is 0 Å². The van der Waals surface area contributed by atoms with E-state index in [1.807, 2.05) is 12.1 Å². The highest BCUT2D eigenvalue weighted by Gasteiger charge is 2.17. The average Bonchev–Trinajstić information content (AvgIpc) is 2.89. The molecule has 1 unspecified atom stereocenters. The first-order valence-corrected chi connectivity index (χ1v) is 6.51. The predicted octanol–water partition coefficient (Wildman–Crippen LogP) is 2.11. The maximum Gasteiger partial charge on any atom is 0.213 e. The Morgan fingerprint density at radius 3 is 2.94 bits per heavy atom. The molecule has 1 fully saturated rings. The topological polar surface area (TPSA) is 51.6 Å². The summed E-state index contributed by atoms with van der Waals surface area (Å²) in [7, 11) is 0. The van der Waals surface area contributed by atoms with Crippen LogP contribution in [0.5, 0.6) is 5.88 Å². The van der Waals surface area contributed by atoms with Crippen molar-refractivity contribution in [1.82, 2.24) is 4.98 Å². The van der Waals surface area contributed by atoms with Crippen LogP contribution < -0.4 is 4.74 Å². The van der Waals surface area contributed by atoms with E-state index in [4.69, 9.17) is 9.47 Å². The molecule has 4 heteroatoms. The lowest BCUT2D eigenvalue weighted by Crippen LogP contribution is -2.13. The monoisotopic (exact) mass is 251 g/mol. The van der Waals surface area contributed by atoms with E-state index in [2.05, 4.69) is 18.8 Å². The van der Waals surface area contributed by atoms with Crippen LogP contribution in [0.4, 0.5) is 0 Å². The number of aromatic nitrogens is 1. The second-order valence-corrected chi connectivity index (χ2v) is 5.09. The van der Waals surface area contributed by atoms with Crippen LogP contribution in [-0.4, -0.2) is 29.9 Å². The van der Waals surface area contributed by atoms with Crippen molar-refractivity contribution in [2.75, 3.05) is 19.8 Å². The number of pyridine rings is 1. The summed E-state index contributed by atoms with van der Waals surface area (Å²) in [6, 6.07) is 3.73. The zero-order chi connectivity index (χ0) is 13.0. The molecule has 1 aromatic rings. The van der Waals surface area contributed by atoms with E-state index < -0.39 is 0 Å². The average molecular weight is 251 g/mol. The first kappa shape index (κ1) is 13.3. The van der Waals surface area contributed by atoms with E-state index in [0.717, 1.165) is 30.9 Å². The Hall–Kier alpha value is -1.13. The van der Waals surface area contributed by atoms with Gasteiger partial charge < -0.3 is 14.6 Å². The van der Waals surface area contributed by atoms with Gasteiger partial charge in [-0.2, -0.15) is 0 Å². The van der Waals surface area contributed by atoms with Crippen LogP contribution in [0.3, 0.4) is 0 Å². The van der Waals surface area contributed by atoms with Crippen LogP contribution in [-0.2, 0) is 11.3 Å². The summed E-state index contributed by atoms with van der Waals surface area (Å²) in [6.45, 7) is 6.42. The van der Waals surface area contributed by atoms with Gasteiger partial charge in [0.25, 0.3) is 0 Å². The molecule has 0 bridgehead atoms. The summed E-state index contributed by atoms with van der Waals surface area (Å²) in [4.78, 5) is 4.47. The molecule has 2 rings (SSSR count). The van der Waals surface area contributed by atoms with E-state index in [1.54, 1.807) is 0 Å². The van der Waals surface area contributed by atoms with E-state index in [1.165, 1.54) is 0 Å². The molecule has 1 atom stereocenters. The number of hydrogen-bond acceptors (Lipinski definition) is 4. The van der Waals surface area contributed by atoms with E-state index in [9.17, 15) is 5.11 Å². The number of rotatable bonds is 5. The summed E-state index contributed by atoms with van der Waals surface area (Å²) in [5, 5.41) is 9.24. The minimum absolute atomic E-state index is 0.0190. The Morgan fingerprint density at radius 2 is 2.33 bits per heavy atom. The van der Waals surface area contributed by atoms with Crippen LogP contribution in [0, 0.1) is 5.92 Å². The Bertz CT molecular complexity index is 387. The van der Waals surface area contributed by atoms with Gasteiger partial charge in [-0.1, -0.05) is 13.8 Å². The summed E-state index contributed by atoms with van der Waals surface area (Å²) in [5.41, 5.74) is 1.81. The van der Waals surface area contributed by atoms with Crippen molar-refractivity contribution in [2.45, 2.75) is 32.8 Å². The van der Waals surface area contributed by atoms with Crippen LogP contribution in [0.25, 0.3) is 0 Å². The number of hydrogen-bond donors (Lipinski definition) is 1. The molecule has 2 heterocycles. The molecule has 0 amide bonds. The summed E-state index contributed by atoms with van der Waals surface area (Å²) in [5.74, 6) is 1.40. The fraction of sp³-hybridized carbons (Fsp3) is 0.643. The van der Waals surface area contributed by atoms with Gasteiger partial charge in [-0.25, -0.2) is 4.98 Å². The SMILES string of the molecule is CC(C)c1cc(CO)cc(OCC2CCOC2)n1. The second-order valence-electron chi connectivity index (χ2n) is 5.09. The first-order chi connectivity index (χ1) is 8.69. The molecule has 1 saturated heterocycles. The van der Waals surface area contributed by atoms with Gasteiger partial charge in [-0.3, -0.25) is 0 Å². The minimum atomic E-state index is 0.0190. The van der Waals surface area contributed by atoms with Gasteiger partial charge in [0, 0.05) is 24.3 Å². The third-order valence-electron chi connectivity index (χ3n) is 3.15. The first-order valence-electron chi connectivity index (χ1n) is 6.51. The molecule has 1 N–H and O–H groups in total. The fourth-order valence-electron chi connectivity index (χ4n) is 1.96. The summed E-state index contributed by atoms with van der Waals surface area (Å²) >= 11 is 0. The molecular formula is C14H21NO3. The molecule has 0 spiro atoms. The molecule has 0 saturated carbocycles. The minimum Gasteiger partial charge on any atom is -0.477 e. The van der Waals surface area contributed by atoms with Gasteiger partial charge >= 0.3 is 0 Å².